The van der Waals surface area contributed by atoms with Crippen molar-refractivity contribution in [1.29, 1.82) is 0 Å². The third-order valence-electron chi connectivity index (χ3n) is 3.22. The molecule has 0 spiro atoms. The Morgan fingerprint density at radius 1 is 1.19 bits per heavy atom. The van der Waals surface area contributed by atoms with Crippen LogP contribution in [0.4, 0.5) is 8.78 Å². The van der Waals surface area contributed by atoms with Crippen molar-refractivity contribution < 1.29 is 22.0 Å². The van der Waals surface area contributed by atoms with E-state index >= 15 is 0 Å². The van der Waals surface area contributed by atoms with E-state index in [9.17, 15) is 22.0 Å². The number of nitrogens with zero attached hydrogens (tertiary/aromatic N) is 2. The molecule has 0 unspecified atom stereocenters. The average Bonchev–Trinajstić information content (AvgIpc) is 2.38. The van der Waals surface area contributed by atoms with Gasteiger partial charge in [-0.15, -0.1) is 0 Å². The van der Waals surface area contributed by atoms with Gasteiger partial charge in [0.05, 0.1) is 6.54 Å². The van der Waals surface area contributed by atoms with Gasteiger partial charge in [-0.05, 0) is 12.1 Å². The summed E-state index contributed by atoms with van der Waals surface area (Å²) in [6.07, 6.45) is 0. The Bertz CT molecular complexity index is 643. The van der Waals surface area contributed by atoms with Crippen LogP contribution < -0.4 is 5.73 Å². The Hall–Kier alpha value is -1.58. The van der Waals surface area contributed by atoms with E-state index in [2.05, 4.69) is 0 Å². The first kappa shape index (κ1) is 15.8. The molecule has 1 saturated heterocycles. The fourth-order valence-corrected chi connectivity index (χ4v) is 3.64. The van der Waals surface area contributed by atoms with E-state index in [4.69, 9.17) is 5.73 Å². The van der Waals surface area contributed by atoms with Gasteiger partial charge in [-0.2, -0.15) is 4.31 Å². The number of nitrogens with two attached hydrogens (primary N) is 1. The second-order valence-corrected chi connectivity index (χ2v) is 6.63. The van der Waals surface area contributed by atoms with Crippen LogP contribution in [0.3, 0.4) is 0 Å². The van der Waals surface area contributed by atoms with E-state index in [1.165, 1.54) is 0 Å². The van der Waals surface area contributed by atoms with Gasteiger partial charge in [0.2, 0.25) is 15.9 Å². The normalized spacial score (nSPS) is 17.8. The summed E-state index contributed by atoms with van der Waals surface area (Å²) >= 11 is 0. The maximum atomic E-state index is 13.6. The first-order chi connectivity index (χ1) is 9.80. The zero-order chi connectivity index (χ0) is 15.6. The van der Waals surface area contributed by atoms with Crippen LogP contribution in [0, 0.1) is 11.6 Å². The largest absolute Gasteiger partial charge is 0.369 e. The minimum absolute atomic E-state index is 0.0544. The van der Waals surface area contributed by atoms with Crippen LogP contribution in [0.5, 0.6) is 0 Å². The molecule has 21 heavy (non-hydrogen) atoms. The smallest absolute Gasteiger partial charge is 0.246 e. The molecule has 1 fully saturated rings. The molecule has 0 atom stereocenters. The van der Waals surface area contributed by atoms with Gasteiger partial charge >= 0.3 is 0 Å². The van der Waals surface area contributed by atoms with Gasteiger partial charge < -0.3 is 5.73 Å². The van der Waals surface area contributed by atoms with Crippen LogP contribution in [0.25, 0.3) is 0 Å². The number of amides is 1. The van der Waals surface area contributed by atoms with Crippen LogP contribution >= 0.6 is 0 Å². The van der Waals surface area contributed by atoms with Crippen molar-refractivity contribution >= 4 is 15.9 Å². The van der Waals surface area contributed by atoms with Crippen LogP contribution in [-0.2, 0) is 14.8 Å². The average molecular weight is 319 g/mol. The quantitative estimate of drug-likeness (QED) is 0.830. The van der Waals surface area contributed by atoms with Crippen molar-refractivity contribution in [2.45, 2.75) is 4.90 Å². The van der Waals surface area contributed by atoms with Gasteiger partial charge in [-0.25, -0.2) is 17.2 Å². The van der Waals surface area contributed by atoms with Crippen LogP contribution in [0.15, 0.2) is 23.1 Å². The molecule has 9 heteroatoms. The molecular weight excluding hydrogens is 304 g/mol. The van der Waals surface area contributed by atoms with Crippen molar-refractivity contribution in [2.75, 3.05) is 32.7 Å². The van der Waals surface area contributed by atoms with Gasteiger partial charge in [0.15, 0.2) is 0 Å². The summed E-state index contributed by atoms with van der Waals surface area (Å²) in [6, 6.07) is 2.35. The van der Waals surface area contributed by atoms with E-state index in [1.54, 1.807) is 4.90 Å². The van der Waals surface area contributed by atoms with Gasteiger partial charge in [-0.1, -0.05) is 0 Å². The summed E-state index contributed by atoms with van der Waals surface area (Å²) in [6.45, 7) is 0.938. The van der Waals surface area contributed by atoms with Crippen molar-refractivity contribution in [3.63, 3.8) is 0 Å². The standard InChI is InChI=1S/C12H15F2N3O3S/c13-9-1-2-11(10(14)7-9)21(19,20)17-5-3-16(4-6-17)8-12(15)18/h1-2,7H,3-6,8H2,(H2,15,18). The monoisotopic (exact) mass is 319 g/mol. The summed E-state index contributed by atoms with van der Waals surface area (Å²) in [5.74, 6) is -2.44. The summed E-state index contributed by atoms with van der Waals surface area (Å²) in [5, 5.41) is 0. The fraction of sp³-hybridized carbons (Fsp3) is 0.417. The number of carbonyl (C=O) groups is 1. The van der Waals surface area contributed by atoms with Crippen molar-refractivity contribution in [3.8, 4) is 0 Å². The Morgan fingerprint density at radius 2 is 1.81 bits per heavy atom. The van der Waals surface area contributed by atoms with E-state index in [-0.39, 0.29) is 19.6 Å². The highest BCUT2D eigenvalue weighted by Gasteiger charge is 2.30. The molecule has 0 aromatic heterocycles. The van der Waals surface area contributed by atoms with E-state index in [0.29, 0.717) is 19.2 Å². The Morgan fingerprint density at radius 3 is 2.33 bits per heavy atom. The summed E-state index contributed by atoms with van der Waals surface area (Å²) < 4.78 is 52.2. The summed E-state index contributed by atoms with van der Waals surface area (Å²) in [5.41, 5.74) is 5.07. The summed E-state index contributed by atoms with van der Waals surface area (Å²) in [4.78, 5) is 12.0. The number of rotatable bonds is 4. The molecule has 0 saturated carbocycles. The topological polar surface area (TPSA) is 83.7 Å². The van der Waals surface area contributed by atoms with E-state index < -0.39 is 32.5 Å². The second kappa shape index (κ2) is 6.04. The second-order valence-electron chi connectivity index (χ2n) is 4.72. The maximum Gasteiger partial charge on any atom is 0.246 e. The lowest BCUT2D eigenvalue weighted by molar-refractivity contribution is -0.119. The molecule has 1 heterocycles. The zero-order valence-electron chi connectivity index (χ0n) is 11.1. The minimum Gasteiger partial charge on any atom is -0.369 e. The van der Waals surface area contributed by atoms with Gasteiger partial charge in [0, 0.05) is 32.2 Å². The number of sulfonamides is 1. The Balaban J connectivity index is 2.13. The SMILES string of the molecule is NC(=O)CN1CCN(S(=O)(=O)c2ccc(F)cc2F)CC1. The van der Waals surface area contributed by atoms with Crippen molar-refractivity contribution in [2.24, 2.45) is 5.73 Å². The van der Waals surface area contributed by atoms with Crippen LogP contribution in [-0.4, -0.2) is 56.3 Å². The lowest BCUT2D eigenvalue weighted by Gasteiger charge is -2.33. The highest BCUT2D eigenvalue weighted by molar-refractivity contribution is 7.89. The molecule has 0 bridgehead atoms. The Labute approximate surface area is 121 Å². The molecular formula is C12H15F2N3O3S. The number of benzene rings is 1. The number of halogens is 2. The molecule has 0 aliphatic carbocycles. The molecule has 1 aliphatic rings. The molecule has 2 rings (SSSR count). The molecule has 1 aliphatic heterocycles. The molecule has 0 radical (unpaired) electrons. The van der Waals surface area contributed by atoms with Crippen LogP contribution in [0.2, 0.25) is 0 Å². The number of hydrogen-bond donors (Lipinski definition) is 1. The molecule has 116 valence electrons. The highest BCUT2D eigenvalue weighted by Crippen LogP contribution is 2.21. The number of primary amides is 1. The predicted molar refractivity (Wildman–Crippen MR) is 70.8 cm³/mol. The van der Waals surface area contributed by atoms with E-state index in [1.807, 2.05) is 0 Å². The van der Waals surface area contributed by atoms with Gasteiger partial charge in [-0.3, -0.25) is 9.69 Å². The fourth-order valence-electron chi connectivity index (χ4n) is 2.17. The lowest BCUT2D eigenvalue weighted by atomic mass is 10.3. The van der Waals surface area contributed by atoms with Gasteiger partial charge in [0.1, 0.15) is 16.5 Å². The number of carbonyl (C=O) groups excluding carboxylic acids is 1. The third kappa shape index (κ3) is 3.55. The van der Waals surface area contributed by atoms with Crippen molar-refractivity contribution in [1.82, 2.24) is 9.21 Å². The molecule has 1 amide bonds. The summed E-state index contributed by atoms with van der Waals surface area (Å²) in [7, 11) is -4.01. The number of piperazine rings is 1. The number of hydrogen-bond acceptors (Lipinski definition) is 4. The highest BCUT2D eigenvalue weighted by atomic mass is 32.2. The van der Waals surface area contributed by atoms with Crippen molar-refractivity contribution in [3.05, 3.63) is 29.8 Å². The zero-order valence-corrected chi connectivity index (χ0v) is 11.9. The third-order valence-corrected chi connectivity index (χ3v) is 5.15. The van der Waals surface area contributed by atoms with E-state index in [0.717, 1.165) is 16.4 Å². The molecule has 2 N–H and O–H groups in total. The molecule has 1 aromatic carbocycles. The first-order valence-electron chi connectivity index (χ1n) is 6.26. The molecule has 6 nitrogen and oxygen atoms in total. The van der Waals surface area contributed by atoms with Gasteiger partial charge in [0.25, 0.3) is 0 Å². The first-order valence-corrected chi connectivity index (χ1v) is 7.70. The molecule has 1 aromatic rings. The minimum atomic E-state index is -4.01. The maximum absolute atomic E-state index is 13.6. The Kier molecular flexibility index (Phi) is 4.55. The van der Waals surface area contributed by atoms with Crippen LogP contribution in [0.1, 0.15) is 0 Å². The lowest BCUT2D eigenvalue weighted by Crippen LogP contribution is -2.50. The predicted octanol–water partition coefficient (Wildman–Crippen LogP) is -0.244.